The Balaban J connectivity index is 0.000000386. The van der Waals surface area contributed by atoms with E-state index in [0.29, 0.717) is 11.4 Å². The van der Waals surface area contributed by atoms with E-state index < -0.39 is 12.2 Å². The molecular formula is C27H34BBrN7O4S3. The fourth-order valence-corrected chi connectivity index (χ4v) is 5.13. The summed E-state index contributed by atoms with van der Waals surface area (Å²) in [6, 6.07) is 3.70. The summed E-state index contributed by atoms with van der Waals surface area (Å²) in [4.78, 5) is 40.2. The molecule has 0 bridgehead atoms. The zero-order valence-corrected chi connectivity index (χ0v) is 27.9. The van der Waals surface area contributed by atoms with Gasteiger partial charge in [0.25, 0.3) is 0 Å². The van der Waals surface area contributed by atoms with Crippen molar-refractivity contribution in [2.24, 2.45) is 4.30 Å². The molecule has 1 radical (unpaired) electrons. The predicted molar refractivity (Wildman–Crippen MR) is 182 cm³/mol. The Hall–Kier alpha value is -3.21. The van der Waals surface area contributed by atoms with E-state index >= 15 is 0 Å². The molecule has 4 heterocycles. The van der Waals surface area contributed by atoms with Crippen molar-refractivity contribution in [3.8, 4) is 21.4 Å². The van der Waals surface area contributed by atoms with Gasteiger partial charge in [0.15, 0.2) is 0 Å². The third-order valence-electron chi connectivity index (χ3n) is 4.65. The summed E-state index contributed by atoms with van der Waals surface area (Å²) in [5.74, 6) is 0. The Labute approximate surface area is 275 Å². The predicted octanol–water partition coefficient (Wildman–Crippen LogP) is 8.52. The summed E-state index contributed by atoms with van der Waals surface area (Å²) in [5, 5.41) is 8.91. The average Bonchev–Trinajstić information content (AvgIpc) is 3.56. The zero-order valence-electron chi connectivity index (χ0n) is 23.8. The molecular weight excluding hydrogens is 673 g/mol. The number of anilines is 2. The fraction of sp³-hybridized carbons (Fsp3) is 0.333. The van der Waals surface area contributed by atoms with Crippen molar-refractivity contribution in [1.82, 2.24) is 19.9 Å². The Morgan fingerprint density at radius 1 is 0.884 bits per heavy atom. The maximum atomic E-state index is 11.5. The van der Waals surface area contributed by atoms with Crippen LogP contribution in [0.1, 0.15) is 46.2 Å². The first kappa shape index (κ1) is 37.8. The van der Waals surface area contributed by atoms with Crippen LogP contribution < -0.4 is 10.6 Å². The Morgan fingerprint density at radius 2 is 1.35 bits per heavy atom. The topological polar surface area (TPSA) is 141 Å². The van der Waals surface area contributed by atoms with Crippen LogP contribution in [-0.2, 0) is 9.47 Å². The first-order valence-corrected chi connectivity index (χ1v) is 15.3. The van der Waals surface area contributed by atoms with Gasteiger partial charge in [0.2, 0.25) is 0 Å². The van der Waals surface area contributed by atoms with Gasteiger partial charge in [-0.15, -0.1) is 22.7 Å². The molecule has 0 fully saturated rings. The van der Waals surface area contributed by atoms with E-state index in [-0.39, 0.29) is 19.6 Å². The number of aryl methyl sites for hydroxylation is 2. The number of aromatic nitrogens is 4. The van der Waals surface area contributed by atoms with Gasteiger partial charge in [-0.2, -0.15) is 0 Å². The van der Waals surface area contributed by atoms with E-state index in [1.54, 1.807) is 52.5 Å². The molecule has 0 spiro atoms. The molecule has 0 aliphatic carbocycles. The standard InChI is InChI=1S/C13H14BrN3O2S.C13H15N3O2S.CH4.BHNS/c1-7(2)19-13(18)17-9-4-8(3)11(15-5-9)12-16-6-10(14)20-12;1-8(2)18-13(17)16-10-6-9(3)11(15-7-10)12-14-4-5-19-12;;1-2-3/h4-7H,1-3H3,(H,17,18);4-8H,1-3H3,(H,16,17);1H4;3H. The third-order valence-corrected chi connectivity index (χ3v) is 6.91. The summed E-state index contributed by atoms with van der Waals surface area (Å²) in [6.07, 6.45) is 5.43. The number of thiazole rings is 2. The third kappa shape index (κ3) is 13.3. The van der Waals surface area contributed by atoms with Crippen LogP contribution in [0.15, 0.2) is 50.4 Å². The average molecular weight is 708 g/mol. The van der Waals surface area contributed by atoms with Crippen molar-refractivity contribution in [1.29, 1.82) is 0 Å². The Kier molecular flexibility index (Phi) is 16.8. The molecule has 2 N–H and O–H groups in total. The summed E-state index contributed by atoms with van der Waals surface area (Å²) in [6.45, 7) is 11.1. The van der Waals surface area contributed by atoms with Crippen LogP contribution in [0.3, 0.4) is 0 Å². The van der Waals surface area contributed by atoms with E-state index in [4.69, 9.17) is 9.47 Å². The summed E-state index contributed by atoms with van der Waals surface area (Å²) < 4.78 is 13.7. The number of nitrogens with one attached hydrogen (secondary N) is 2. The van der Waals surface area contributed by atoms with Crippen LogP contribution in [0.2, 0.25) is 0 Å². The number of ether oxygens (including phenoxy) is 2. The summed E-state index contributed by atoms with van der Waals surface area (Å²) in [7, 11) is 4.34. The first-order chi connectivity index (χ1) is 19.9. The van der Waals surface area contributed by atoms with Crippen LogP contribution in [-0.4, -0.2) is 52.0 Å². The first-order valence-electron chi connectivity index (χ1n) is 12.4. The van der Waals surface area contributed by atoms with Crippen molar-refractivity contribution >= 4 is 82.6 Å². The second kappa shape index (κ2) is 19.1. The molecule has 0 aliphatic rings. The number of amides is 2. The number of hydrogen-bond donors (Lipinski definition) is 3. The summed E-state index contributed by atoms with van der Waals surface area (Å²) in [5.41, 5.74) is 4.75. The molecule has 16 heteroatoms. The quantitative estimate of drug-likeness (QED) is 0.134. The minimum atomic E-state index is -0.481. The maximum absolute atomic E-state index is 11.5. The van der Waals surface area contributed by atoms with Crippen LogP contribution >= 0.6 is 51.4 Å². The molecule has 0 saturated carbocycles. The normalized spacial score (nSPS) is 9.88. The molecule has 0 unspecified atom stereocenters. The van der Waals surface area contributed by atoms with Gasteiger partial charge in [-0.3, -0.25) is 20.6 Å². The molecule has 11 nitrogen and oxygen atoms in total. The van der Waals surface area contributed by atoms with Crippen molar-refractivity contribution in [2.75, 3.05) is 10.6 Å². The van der Waals surface area contributed by atoms with Gasteiger partial charge in [0, 0.05) is 11.6 Å². The molecule has 229 valence electrons. The zero-order chi connectivity index (χ0) is 31.2. The van der Waals surface area contributed by atoms with Crippen molar-refractivity contribution in [3.63, 3.8) is 0 Å². The number of rotatable bonds is 6. The molecule has 4 rings (SSSR count). The van der Waals surface area contributed by atoms with Crippen LogP contribution in [0.4, 0.5) is 21.0 Å². The number of carbonyl (C=O) groups is 2. The second-order valence-corrected chi connectivity index (χ2v) is 12.4. The van der Waals surface area contributed by atoms with Crippen LogP contribution in [0, 0.1) is 13.8 Å². The SMILES string of the molecule is C.Cc1cc(NC(=O)OC(C)C)cnc1-c1ncc(Br)s1.Cc1cc(NC(=O)OC(C)C)cnc1-c1nccs1.[B]=NS. The molecule has 43 heavy (non-hydrogen) atoms. The van der Waals surface area contributed by atoms with Gasteiger partial charge in [0.1, 0.15) is 21.4 Å². The molecule has 0 atom stereocenters. The molecule has 0 saturated heterocycles. The molecule has 4 aromatic rings. The van der Waals surface area contributed by atoms with Gasteiger partial charge in [-0.25, -0.2) is 19.6 Å². The number of halogens is 1. The van der Waals surface area contributed by atoms with E-state index in [0.717, 1.165) is 36.3 Å². The second-order valence-electron chi connectivity index (χ2n) is 8.86. The molecule has 0 aliphatic heterocycles. The van der Waals surface area contributed by atoms with Gasteiger partial charge in [0.05, 0.1) is 46.0 Å². The Bertz CT molecular complexity index is 1470. The van der Waals surface area contributed by atoms with E-state index in [2.05, 4.69) is 71.3 Å². The van der Waals surface area contributed by atoms with Gasteiger partial charge in [-0.1, -0.05) is 7.43 Å². The van der Waals surface area contributed by atoms with Crippen LogP contribution in [0.5, 0.6) is 0 Å². The van der Waals surface area contributed by atoms with Crippen LogP contribution in [0.25, 0.3) is 21.4 Å². The van der Waals surface area contributed by atoms with Crippen molar-refractivity contribution in [2.45, 2.75) is 61.2 Å². The number of hydrogen-bond acceptors (Lipinski definition) is 12. The van der Waals surface area contributed by atoms with E-state index in [1.807, 2.05) is 31.4 Å². The fourth-order valence-electron chi connectivity index (χ4n) is 3.16. The number of thiol groups is 1. The van der Waals surface area contributed by atoms with E-state index in [1.165, 1.54) is 22.7 Å². The number of pyridine rings is 2. The minimum absolute atomic E-state index is 0. The van der Waals surface area contributed by atoms with Crippen molar-refractivity contribution < 1.29 is 19.1 Å². The van der Waals surface area contributed by atoms with Crippen molar-refractivity contribution in [3.05, 3.63) is 57.2 Å². The molecule has 0 aromatic carbocycles. The summed E-state index contributed by atoms with van der Waals surface area (Å²) >= 11 is 9.62. The molecule has 4 aromatic heterocycles. The number of carbonyl (C=O) groups excluding carboxylic acids is 2. The Morgan fingerprint density at radius 3 is 1.70 bits per heavy atom. The monoisotopic (exact) mass is 706 g/mol. The van der Waals surface area contributed by atoms with Gasteiger partial charge < -0.3 is 9.47 Å². The molecule has 2 amide bonds. The van der Waals surface area contributed by atoms with Gasteiger partial charge in [-0.05, 0) is 80.7 Å². The van der Waals surface area contributed by atoms with E-state index in [9.17, 15) is 9.59 Å². The van der Waals surface area contributed by atoms with Gasteiger partial charge >= 0.3 is 36.9 Å². The number of nitrogens with zero attached hydrogens (tertiary/aromatic N) is 5.